The molecule has 0 aliphatic rings. The van der Waals surface area contributed by atoms with E-state index in [4.69, 9.17) is 15.6 Å². The van der Waals surface area contributed by atoms with Gasteiger partial charge >= 0.3 is 5.97 Å². The Morgan fingerprint density at radius 3 is 2.61 bits per heavy atom. The average molecular weight is 251 g/mol. The molecule has 1 unspecified atom stereocenters. The van der Waals surface area contributed by atoms with Crippen LogP contribution in [0.15, 0.2) is 18.2 Å². The van der Waals surface area contributed by atoms with Crippen molar-refractivity contribution in [3.8, 4) is 5.75 Å². The highest BCUT2D eigenvalue weighted by atomic mass is 16.5. The highest BCUT2D eigenvalue weighted by Crippen LogP contribution is 2.27. The molecule has 0 saturated heterocycles. The van der Waals surface area contributed by atoms with Crippen LogP contribution in [0.1, 0.15) is 37.3 Å². The summed E-state index contributed by atoms with van der Waals surface area (Å²) in [5, 5.41) is 8.74. The van der Waals surface area contributed by atoms with E-state index >= 15 is 0 Å². The van der Waals surface area contributed by atoms with Gasteiger partial charge < -0.3 is 15.6 Å². The zero-order valence-corrected chi connectivity index (χ0v) is 11.1. The van der Waals surface area contributed by atoms with E-state index in [1.54, 1.807) is 7.11 Å². The van der Waals surface area contributed by atoms with Gasteiger partial charge in [0.05, 0.1) is 7.11 Å². The maximum absolute atomic E-state index is 10.7. The minimum Gasteiger partial charge on any atom is -0.496 e. The summed E-state index contributed by atoms with van der Waals surface area (Å²) in [5.74, 6) is 0.289. The van der Waals surface area contributed by atoms with E-state index in [1.807, 2.05) is 12.1 Å². The topological polar surface area (TPSA) is 72.5 Å². The quantitative estimate of drug-likeness (QED) is 0.812. The number of hydrogen-bond donors (Lipinski definition) is 2. The molecule has 4 heteroatoms. The summed E-state index contributed by atoms with van der Waals surface area (Å²) in [7, 11) is 1.65. The van der Waals surface area contributed by atoms with Gasteiger partial charge in [0, 0.05) is 0 Å². The van der Waals surface area contributed by atoms with Crippen LogP contribution in [-0.4, -0.2) is 24.2 Å². The van der Waals surface area contributed by atoms with Crippen molar-refractivity contribution in [2.45, 2.75) is 38.6 Å². The Hall–Kier alpha value is -1.55. The third kappa shape index (κ3) is 3.74. The minimum atomic E-state index is -0.951. The first-order valence-electron chi connectivity index (χ1n) is 6.11. The van der Waals surface area contributed by atoms with Crippen molar-refractivity contribution < 1.29 is 14.6 Å². The molecule has 0 saturated carbocycles. The van der Waals surface area contributed by atoms with Gasteiger partial charge in [-0.05, 0) is 36.0 Å². The number of hydrogen-bond acceptors (Lipinski definition) is 3. The fraction of sp³-hybridized carbons (Fsp3) is 0.500. The summed E-state index contributed by atoms with van der Waals surface area (Å²) >= 11 is 0. The Morgan fingerprint density at radius 2 is 2.11 bits per heavy atom. The lowest BCUT2D eigenvalue weighted by molar-refractivity contribution is -0.138. The molecule has 0 aliphatic heterocycles. The lowest BCUT2D eigenvalue weighted by Gasteiger charge is -2.14. The second kappa shape index (κ2) is 6.40. The van der Waals surface area contributed by atoms with Gasteiger partial charge in [-0.1, -0.05) is 26.0 Å². The van der Waals surface area contributed by atoms with Crippen LogP contribution < -0.4 is 10.5 Å². The molecule has 0 radical (unpaired) electrons. The number of carboxylic acid groups (broad SMARTS) is 1. The molecular weight excluding hydrogens is 230 g/mol. The van der Waals surface area contributed by atoms with Crippen LogP contribution in [0.3, 0.4) is 0 Å². The lowest BCUT2D eigenvalue weighted by Crippen LogP contribution is -2.30. The van der Waals surface area contributed by atoms with Crippen molar-refractivity contribution in [1.82, 2.24) is 0 Å². The van der Waals surface area contributed by atoms with Gasteiger partial charge in [-0.3, -0.25) is 4.79 Å². The predicted molar refractivity (Wildman–Crippen MR) is 71.0 cm³/mol. The molecule has 100 valence electrons. The van der Waals surface area contributed by atoms with Gasteiger partial charge in [0.25, 0.3) is 0 Å². The number of aryl methyl sites for hydroxylation is 1. The Kier molecular flexibility index (Phi) is 5.16. The van der Waals surface area contributed by atoms with Crippen LogP contribution in [0.4, 0.5) is 0 Å². The third-order valence-corrected chi connectivity index (χ3v) is 2.98. The van der Waals surface area contributed by atoms with Crippen LogP contribution in [-0.2, 0) is 11.2 Å². The zero-order chi connectivity index (χ0) is 13.7. The summed E-state index contributed by atoms with van der Waals surface area (Å²) < 4.78 is 5.31. The van der Waals surface area contributed by atoms with E-state index < -0.39 is 12.0 Å². The molecule has 0 fully saturated rings. The molecule has 0 aromatic heterocycles. The number of benzene rings is 1. The second-order valence-corrected chi connectivity index (χ2v) is 4.71. The number of carbonyl (C=O) groups is 1. The lowest BCUT2D eigenvalue weighted by atomic mass is 9.97. The van der Waals surface area contributed by atoms with E-state index in [2.05, 4.69) is 19.9 Å². The fourth-order valence-electron chi connectivity index (χ4n) is 1.84. The van der Waals surface area contributed by atoms with E-state index in [1.165, 1.54) is 0 Å². The molecular formula is C14H21NO3. The van der Waals surface area contributed by atoms with Crippen molar-refractivity contribution in [2.24, 2.45) is 5.73 Å². The fourth-order valence-corrected chi connectivity index (χ4v) is 1.84. The van der Waals surface area contributed by atoms with Crippen molar-refractivity contribution in [3.05, 3.63) is 29.3 Å². The summed E-state index contributed by atoms with van der Waals surface area (Å²) in [5.41, 5.74) is 7.73. The Balaban J connectivity index is 2.79. The van der Waals surface area contributed by atoms with Crippen molar-refractivity contribution in [2.75, 3.05) is 7.11 Å². The van der Waals surface area contributed by atoms with Gasteiger partial charge in [0.1, 0.15) is 11.8 Å². The standard InChI is InChI=1S/C14H21NO3/c1-9(2)11-8-10(5-7-13(11)18-3)4-6-12(15)14(16)17/h5,7-9,12H,4,6,15H2,1-3H3,(H,16,17). The third-order valence-electron chi connectivity index (χ3n) is 2.98. The Morgan fingerprint density at radius 1 is 1.44 bits per heavy atom. The molecule has 0 aliphatic carbocycles. The SMILES string of the molecule is COc1ccc(CCC(N)C(=O)O)cc1C(C)C. The summed E-state index contributed by atoms with van der Waals surface area (Å²) in [6.07, 6.45) is 1.11. The van der Waals surface area contributed by atoms with Gasteiger partial charge in [-0.2, -0.15) is 0 Å². The molecule has 1 aromatic rings. The van der Waals surface area contributed by atoms with Crippen LogP contribution in [0, 0.1) is 0 Å². The highest BCUT2D eigenvalue weighted by Gasteiger charge is 2.13. The van der Waals surface area contributed by atoms with Gasteiger partial charge in [0.15, 0.2) is 0 Å². The number of rotatable bonds is 6. The number of ether oxygens (including phenoxy) is 1. The molecule has 4 nitrogen and oxygen atoms in total. The van der Waals surface area contributed by atoms with Gasteiger partial charge in [0.2, 0.25) is 0 Å². The smallest absolute Gasteiger partial charge is 0.320 e. The number of nitrogens with two attached hydrogens (primary N) is 1. The van der Waals surface area contributed by atoms with E-state index in [0.29, 0.717) is 18.8 Å². The molecule has 1 atom stereocenters. The Labute approximate surface area is 108 Å². The highest BCUT2D eigenvalue weighted by molar-refractivity contribution is 5.73. The molecule has 1 aromatic carbocycles. The molecule has 0 heterocycles. The molecule has 18 heavy (non-hydrogen) atoms. The van der Waals surface area contributed by atoms with Gasteiger partial charge in [-0.25, -0.2) is 0 Å². The molecule has 0 spiro atoms. The summed E-state index contributed by atoms with van der Waals surface area (Å²) in [4.78, 5) is 10.7. The van der Waals surface area contributed by atoms with Crippen molar-refractivity contribution in [1.29, 1.82) is 0 Å². The monoisotopic (exact) mass is 251 g/mol. The molecule has 0 bridgehead atoms. The second-order valence-electron chi connectivity index (χ2n) is 4.71. The normalized spacial score (nSPS) is 12.5. The first-order chi connectivity index (χ1) is 8.45. The molecule has 3 N–H and O–H groups in total. The number of carboxylic acids is 1. The average Bonchev–Trinajstić information content (AvgIpc) is 2.35. The van der Waals surface area contributed by atoms with E-state index in [9.17, 15) is 4.79 Å². The molecule has 0 amide bonds. The number of aliphatic carboxylic acids is 1. The Bertz CT molecular complexity index is 416. The van der Waals surface area contributed by atoms with Crippen LogP contribution >= 0.6 is 0 Å². The first-order valence-corrected chi connectivity index (χ1v) is 6.11. The maximum Gasteiger partial charge on any atom is 0.320 e. The van der Waals surface area contributed by atoms with Gasteiger partial charge in [-0.15, -0.1) is 0 Å². The predicted octanol–water partition coefficient (Wildman–Crippen LogP) is 2.16. The molecule has 1 rings (SSSR count). The zero-order valence-electron chi connectivity index (χ0n) is 11.1. The summed E-state index contributed by atoms with van der Waals surface area (Å²) in [6, 6.07) is 5.16. The summed E-state index contributed by atoms with van der Waals surface area (Å²) in [6.45, 7) is 4.20. The van der Waals surface area contributed by atoms with Crippen LogP contribution in [0.2, 0.25) is 0 Å². The van der Waals surface area contributed by atoms with Crippen LogP contribution in [0.5, 0.6) is 5.75 Å². The van der Waals surface area contributed by atoms with Crippen molar-refractivity contribution >= 4 is 5.97 Å². The van der Waals surface area contributed by atoms with E-state index in [-0.39, 0.29) is 0 Å². The first kappa shape index (κ1) is 14.5. The van der Waals surface area contributed by atoms with Crippen LogP contribution in [0.25, 0.3) is 0 Å². The minimum absolute atomic E-state index is 0.369. The number of methoxy groups -OCH3 is 1. The largest absolute Gasteiger partial charge is 0.496 e. The maximum atomic E-state index is 10.7. The van der Waals surface area contributed by atoms with Crippen molar-refractivity contribution in [3.63, 3.8) is 0 Å². The van der Waals surface area contributed by atoms with E-state index in [0.717, 1.165) is 16.9 Å².